The number of hydrogen-bond donors (Lipinski definition) is 1. The van der Waals surface area contributed by atoms with Crippen molar-refractivity contribution in [2.45, 2.75) is 12.8 Å². The SMILES string of the molecule is c1ccc(Nc2cc(N(c3ccccc3)c3ccccc3)cc(-n3c4c(c5ccccc53)-c3c(c5ccccc5n3-c3ccccc3)CC4)c2)cc1. The van der Waals surface area contributed by atoms with Crippen LogP contribution in [0.15, 0.2) is 188 Å². The van der Waals surface area contributed by atoms with E-state index in [4.69, 9.17) is 0 Å². The van der Waals surface area contributed by atoms with Gasteiger partial charge < -0.3 is 19.4 Å². The van der Waals surface area contributed by atoms with Crippen molar-refractivity contribution in [3.8, 4) is 22.6 Å². The first-order valence-corrected chi connectivity index (χ1v) is 18.0. The molecule has 4 nitrogen and oxygen atoms in total. The van der Waals surface area contributed by atoms with Crippen molar-refractivity contribution in [3.63, 3.8) is 0 Å². The van der Waals surface area contributed by atoms with Gasteiger partial charge in [0.15, 0.2) is 0 Å². The lowest BCUT2D eigenvalue weighted by molar-refractivity contribution is 0.863. The zero-order valence-corrected chi connectivity index (χ0v) is 28.7. The maximum Gasteiger partial charge on any atom is 0.0597 e. The summed E-state index contributed by atoms with van der Waals surface area (Å²) >= 11 is 0. The van der Waals surface area contributed by atoms with Gasteiger partial charge in [-0.15, -0.1) is 0 Å². The number of rotatable bonds is 7. The normalized spacial score (nSPS) is 12.1. The van der Waals surface area contributed by atoms with Gasteiger partial charge >= 0.3 is 0 Å². The molecule has 1 aliphatic carbocycles. The van der Waals surface area contributed by atoms with Gasteiger partial charge in [-0.05, 0) is 97.3 Å². The smallest absolute Gasteiger partial charge is 0.0597 e. The van der Waals surface area contributed by atoms with E-state index in [0.717, 1.165) is 47.0 Å². The van der Waals surface area contributed by atoms with Gasteiger partial charge in [0.25, 0.3) is 0 Å². The average molecular weight is 669 g/mol. The fraction of sp³-hybridized carbons (Fsp3) is 0.0417. The van der Waals surface area contributed by atoms with Crippen LogP contribution in [0.5, 0.6) is 0 Å². The van der Waals surface area contributed by atoms with Crippen LogP contribution in [0.2, 0.25) is 0 Å². The molecule has 1 N–H and O–H groups in total. The summed E-state index contributed by atoms with van der Waals surface area (Å²) in [5.41, 5.74) is 15.5. The number of nitrogens with zero attached hydrogens (tertiary/aromatic N) is 3. The van der Waals surface area contributed by atoms with Crippen molar-refractivity contribution in [2.75, 3.05) is 10.2 Å². The van der Waals surface area contributed by atoms with E-state index < -0.39 is 0 Å². The molecule has 0 aliphatic heterocycles. The molecule has 1 aliphatic rings. The summed E-state index contributed by atoms with van der Waals surface area (Å²) in [5, 5.41) is 6.36. The van der Waals surface area contributed by atoms with Crippen LogP contribution in [-0.2, 0) is 12.8 Å². The van der Waals surface area contributed by atoms with E-state index in [1.54, 1.807) is 0 Å². The third-order valence-corrected chi connectivity index (χ3v) is 10.3. The van der Waals surface area contributed by atoms with E-state index >= 15 is 0 Å². The summed E-state index contributed by atoms with van der Waals surface area (Å²) in [4.78, 5) is 2.35. The Morgan fingerprint density at radius 3 is 1.65 bits per heavy atom. The highest BCUT2D eigenvalue weighted by Gasteiger charge is 2.31. The standard InChI is InChI=1S/C48H36N4/c1-5-17-34(18-6-1)49-35-31-39(50(36-19-7-2-8-20-36)37-21-9-3-10-22-37)33-40(32-35)51-45-28-16-14-26-43(45)47-46(51)30-29-42-41-25-13-15-27-44(41)52(48(42)47)38-23-11-4-12-24-38/h1-28,31-33,49H,29-30H2. The molecule has 0 saturated carbocycles. The summed E-state index contributed by atoms with van der Waals surface area (Å²) in [5.74, 6) is 0. The van der Waals surface area contributed by atoms with Gasteiger partial charge in [-0.1, -0.05) is 109 Å². The van der Waals surface area contributed by atoms with Gasteiger partial charge in [-0.2, -0.15) is 0 Å². The molecular formula is C48H36N4. The number of anilines is 5. The second-order valence-corrected chi connectivity index (χ2v) is 13.4. The summed E-state index contributed by atoms with van der Waals surface area (Å²) in [6.07, 6.45) is 1.90. The molecule has 248 valence electrons. The number of para-hydroxylation sites is 6. The quantitative estimate of drug-likeness (QED) is 0.183. The number of aromatic nitrogens is 2. The Morgan fingerprint density at radius 1 is 0.423 bits per heavy atom. The van der Waals surface area contributed by atoms with E-state index in [1.807, 2.05) is 0 Å². The number of nitrogens with one attached hydrogen (secondary N) is 1. The molecular weight excluding hydrogens is 633 g/mol. The summed E-state index contributed by atoms with van der Waals surface area (Å²) < 4.78 is 5.01. The first-order chi connectivity index (χ1) is 25.8. The molecule has 0 saturated heterocycles. The second-order valence-electron chi connectivity index (χ2n) is 13.4. The van der Waals surface area contributed by atoms with E-state index in [9.17, 15) is 0 Å². The Kier molecular flexibility index (Phi) is 7.24. The Bertz CT molecular complexity index is 2650. The number of aryl methyl sites for hydroxylation is 1. The first-order valence-electron chi connectivity index (χ1n) is 18.0. The van der Waals surface area contributed by atoms with Gasteiger partial charge in [0.05, 0.1) is 22.4 Å². The molecule has 0 unspecified atom stereocenters. The minimum absolute atomic E-state index is 0.937. The molecule has 0 atom stereocenters. The zero-order valence-electron chi connectivity index (χ0n) is 28.7. The molecule has 2 heterocycles. The monoisotopic (exact) mass is 668 g/mol. The number of benzene rings is 7. The van der Waals surface area contributed by atoms with Crippen LogP contribution < -0.4 is 10.2 Å². The van der Waals surface area contributed by atoms with Crippen LogP contribution in [0.1, 0.15) is 11.3 Å². The minimum Gasteiger partial charge on any atom is -0.355 e. The molecule has 9 aromatic rings. The Balaban J connectivity index is 1.25. The van der Waals surface area contributed by atoms with E-state index in [1.165, 1.54) is 50.0 Å². The lowest BCUT2D eigenvalue weighted by Crippen LogP contribution is -2.12. The fourth-order valence-electron chi connectivity index (χ4n) is 8.21. The van der Waals surface area contributed by atoms with Crippen LogP contribution in [0, 0.1) is 0 Å². The lowest BCUT2D eigenvalue weighted by Gasteiger charge is -2.27. The molecule has 0 radical (unpaired) electrons. The van der Waals surface area contributed by atoms with Gasteiger partial charge in [0.2, 0.25) is 0 Å². The summed E-state index contributed by atoms with van der Waals surface area (Å²) in [7, 11) is 0. The van der Waals surface area contributed by atoms with E-state index in [2.05, 4.69) is 207 Å². The van der Waals surface area contributed by atoms with Gasteiger partial charge in [0, 0.05) is 56.2 Å². The second kappa shape index (κ2) is 12.5. The summed E-state index contributed by atoms with van der Waals surface area (Å²) in [6, 6.07) is 67.4. The molecule has 7 aromatic carbocycles. The van der Waals surface area contributed by atoms with Gasteiger partial charge in [-0.25, -0.2) is 0 Å². The number of fused-ring (bicyclic) bond motifs is 7. The van der Waals surface area contributed by atoms with Crippen LogP contribution in [-0.4, -0.2) is 9.13 Å². The molecule has 52 heavy (non-hydrogen) atoms. The third-order valence-electron chi connectivity index (χ3n) is 10.3. The van der Waals surface area contributed by atoms with Crippen molar-refractivity contribution in [1.29, 1.82) is 0 Å². The summed E-state index contributed by atoms with van der Waals surface area (Å²) in [6.45, 7) is 0. The van der Waals surface area contributed by atoms with Crippen molar-refractivity contribution < 1.29 is 0 Å². The molecule has 0 spiro atoms. The third kappa shape index (κ3) is 4.99. The van der Waals surface area contributed by atoms with E-state index in [-0.39, 0.29) is 0 Å². The minimum atomic E-state index is 0.937. The van der Waals surface area contributed by atoms with E-state index in [0.29, 0.717) is 0 Å². The van der Waals surface area contributed by atoms with Crippen molar-refractivity contribution in [1.82, 2.24) is 9.13 Å². The lowest BCUT2D eigenvalue weighted by atomic mass is 9.91. The highest BCUT2D eigenvalue weighted by atomic mass is 15.1. The number of hydrogen-bond acceptors (Lipinski definition) is 2. The maximum absolute atomic E-state index is 3.75. The average Bonchev–Trinajstić information content (AvgIpc) is 3.73. The molecule has 0 amide bonds. The molecule has 0 bridgehead atoms. The van der Waals surface area contributed by atoms with Crippen LogP contribution in [0.25, 0.3) is 44.4 Å². The van der Waals surface area contributed by atoms with Gasteiger partial charge in [0.1, 0.15) is 0 Å². The van der Waals surface area contributed by atoms with Crippen LogP contribution in [0.4, 0.5) is 28.4 Å². The largest absolute Gasteiger partial charge is 0.355 e. The predicted molar refractivity (Wildman–Crippen MR) is 217 cm³/mol. The van der Waals surface area contributed by atoms with Crippen LogP contribution >= 0.6 is 0 Å². The van der Waals surface area contributed by atoms with Crippen molar-refractivity contribution in [3.05, 3.63) is 199 Å². The Labute approximate surface area is 303 Å². The first kappa shape index (κ1) is 30.1. The highest BCUT2D eigenvalue weighted by molar-refractivity contribution is 6.05. The van der Waals surface area contributed by atoms with Crippen molar-refractivity contribution in [2.24, 2.45) is 0 Å². The topological polar surface area (TPSA) is 25.1 Å². The fourth-order valence-corrected chi connectivity index (χ4v) is 8.21. The maximum atomic E-state index is 3.75. The highest BCUT2D eigenvalue weighted by Crippen LogP contribution is 2.48. The molecule has 4 heteroatoms. The molecule has 2 aromatic heterocycles. The predicted octanol–water partition coefficient (Wildman–Crippen LogP) is 12.6. The zero-order chi connectivity index (χ0) is 34.4. The Morgan fingerprint density at radius 2 is 0.981 bits per heavy atom. The Hall–Kier alpha value is -6.78. The van der Waals surface area contributed by atoms with Crippen molar-refractivity contribution >= 4 is 50.2 Å². The molecule has 10 rings (SSSR count). The van der Waals surface area contributed by atoms with Crippen LogP contribution in [0.3, 0.4) is 0 Å². The molecule has 0 fully saturated rings. The van der Waals surface area contributed by atoms with Gasteiger partial charge in [-0.3, -0.25) is 0 Å².